The summed E-state index contributed by atoms with van der Waals surface area (Å²) in [5, 5.41) is 14.3. The first-order valence-electron chi connectivity index (χ1n) is 7.94. The quantitative estimate of drug-likeness (QED) is 0.678. The number of benzene rings is 3. The third-order valence-electron chi connectivity index (χ3n) is 4.14. The number of fused-ring (bicyclic) bond motifs is 2. The van der Waals surface area contributed by atoms with Crippen LogP contribution in [0.25, 0.3) is 21.5 Å². The van der Waals surface area contributed by atoms with Gasteiger partial charge in [0.1, 0.15) is 6.10 Å². The molecular weight excluding hydrogens is 288 g/mol. The Balaban J connectivity index is 1.91. The number of aliphatic hydroxyl groups is 1. The number of methoxy groups -OCH3 is 1. The first kappa shape index (κ1) is 15.9. The predicted octanol–water partition coefficient (Wildman–Crippen LogP) is 3.56. The molecule has 0 radical (unpaired) electrons. The molecule has 0 aliphatic heterocycles. The molecule has 0 amide bonds. The molecule has 0 heterocycles. The highest BCUT2D eigenvalue weighted by Gasteiger charge is 2.10. The van der Waals surface area contributed by atoms with Crippen molar-refractivity contribution in [1.82, 2.24) is 0 Å². The zero-order valence-corrected chi connectivity index (χ0v) is 13.4. The normalized spacial score (nSPS) is 12.8. The minimum absolute atomic E-state index is 0.0237. The van der Waals surface area contributed by atoms with E-state index >= 15 is 0 Å². The summed E-state index contributed by atoms with van der Waals surface area (Å²) in [6.45, 7) is 0.948. The van der Waals surface area contributed by atoms with Crippen molar-refractivity contribution in [3.05, 3.63) is 60.2 Å². The molecule has 120 valence electrons. The summed E-state index contributed by atoms with van der Waals surface area (Å²) in [7, 11) is 1.62. The first-order chi connectivity index (χ1) is 11.3. The SMILES string of the molecule is COCC(CO)OCCc1c2ccccc2cc2ccccc12. The Bertz CT molecular complexity index is 728. The Hall–Kier alpha value is -1.94. The van der Waals surface area contributed by atoms with Crippen LogP contribution in [0.3, 0.4) is 0 Å². The van der Waals surface area contributed by atoms with Gasteiger partial charge in [0.25, 0.3) is 0 Å². The van der Waals surface area contributed by atoms with Crippen molar-refractivity contribution in [2.75, 3.05) is 26.9 Å². The van der Waals surface area contributed by atoms with Gasteiger partial charge in [-0.2, -0.15) is 0 Å². The van der Waals surface area contributed by atoms with Crippen molar-refractivity contribution in [2.45, 2.75) is 12.5 Å². The maximum absolute atomic E-state index is 9.29. The molecular formula is C20H22O3. The zero-order chi connectivity index (χ0) is 16.1. The van der Waals surface area contributed by atoms with Crippen molar-refractivity contribution < 1.29 is 14.6 Å². The third-order valence-corrected chi connectivity index (χ3v) is 4.14. The lowest BCUT2D eigenvalue weighted by Crippen LogP contribution is -2.24. The average molecular weight is 310 g/mol. The van der Waals surface area contributed by atoms with E-state index < -0.39 is 0 Å². The van der Waals surface area contributed by atoms with Crippen molar-refractivity contribution in [3.8, 4) is 0 Å². The van der Waals surface area contributed by atoms with E-state index in [4.69, 9.17) is 9.47 Å². The number of hydrogen-bond donors (Lipinski definition) is 1. The van der Waals surface area contributed by atoms with Crippen LogP contribution in [0.4, 0.5) is 0 Å². The molecule has 3 nitrogen and oxygen atoms in total. The summed E-state index contributed by atoms with van der Waals surface area (Å²) in [6, 6.07) is 19.1. The highest BCUT2D eigenvalue weighted by atomic mass is 16.5. The van der Waals surface area contributed by atoms with Gasteiger partial charge in [-0.1, -0.05) is 48.5 Å². The fraction of sp³-hybridized carbons (Fsp3) is 0.300. The van der Waals surface area contributed by atoms with Crippen LogP contribution in [0.1, 0.15) is 5.56 Å². The van der Waals surface area contributed by atoms with Crippen LogP contribution in [0.5, 0.6) is 0 Å². The van der Waals surface area contributed by atoms with E-state index in [0.717, 1.165) is 6.42 Å². The van der Waals surface area contributed by atoms with Gasteiger partial charge >= 0.3 is 0 Å². The first-order valence-corrected chi connectivity index (χ1v) is 7.94. The van der Waals surface area contributed by atoms with Gasteiger partial charge in [-0.15, -0.1) is 0 Å². The molecule has 0 aliphatic carbocycles. The minimum atomic E-state index is -0.263. The fourth-order valence-corrected chi connectivity index (χ4v) is 3.04. The van der Waals surface area contributed by atoms with Crippen LogP contribution < -0.4 is 0 Å². The van der Waals surface area contributed by atoms with Gasteiger partial charge in [0.15, 0.2) is 0 Å². The molecule has 0 aliphatic rings. The summed E-state index contributed by atoms with van der Waals surface area (Å²) >= 11 is 0. The summed E-state index contributed by atoms with van der Waals surface area (Å²) in [5.74, 6) is 0. The number of hydrogen-bond acceptors (Lipinski definition) is 3. The van der Waals surface area contributed by atoms with Gasteiger partial charge in [0.05, 0.1) is 19.8 Å². The molecule has 0 spiro atoms. The van der Waals surface area contributed by atoms with Gasteiger partial charge in [-0.05, 0) is 39.6 Å². The molecule has 0 saturated heterocycles. The minimum Gasteiger partial charge on any atom is -0.394 e. The van der Waals surface area contributed by atoms with Crippen LogP contribution in [0.2, 0.25) is 0 Å². The zero-order valence-electron chi connectivity index (χ0n) is 13.4. The van der Waals surface area contributed by atoms with E-state index in [0.29, 0.717) is 13.2 Å². The van der Waals surface area contributed by atoms with Crippen molar-refractivity contribution in [3.63, 3.8) is 0 Å². The van der Waals surface area contributed by atoms with Gasteiger partial charge in [-0.25, -0.2) is 0 Å². The molecule has 3 aromatic carbocycles. The van der Waals surface area contributed by atoms with E-state index in [2.05, 4.69) is 54.6 Å². The number of aliphatic hydroxyl groups excluding tert-OH is 1. The van der Waals surface area contributed by atoms with Gasteiger partial charge in [0.2, 0.25) is 0 Å². The Labute approximate surface area is 136 Å². The molecule has 0 fully saturated rings. The van der Waals surface area contributed by atoms with E-state index in [-0.39, 0.29) is 12.7 Å². The van der Waals surface area contributed by atoms with Crippen LogP contribution in [-0.2, 0) is 15.9 Å². The summed E-state index contributed by atoms with van der Waals surface area (Å²) in [6.07, 6.45) is 0.545. The molecule has 0 bridgehead atoms. The van der Waals surface area contributed by atoms with Crippen LogP contribution in [-0.4, -0.2) is 38.1 Å². The van der Waals surface area contributed by atoms with Crippen LogP contribution in [0, 0.1) is 0 Å². The highest BCUT2D eigenvalue weighted by molar-refractivity contribution is 6.02. The van der Waals surface area contributed by atoms with Gasteiger partial charge < -0.3 is 14.6 Å². The molecule has 3 rings (SSSR count). The average Bonchev–Trinajstić information content (AvgIpc) is 2.60. The van der Waals surface area contributed by atoms with Crippen molar-refractivity contribution in [1.29, 1.82) is 0 Å². The van der Waals surface area contributed by atoms with Crippen LogP contribution >= 0.6 is 0 Å². The lowest BCUT2D eigenvalue weighted by molar-refractivity contribution is -0.0297. The number of ether oxygens (including phenoxy) is 2. The van der Waals surface area contributed by atoms with Crippen LogP contribution in [0.15, 0.2) is 54.6 Å². The lowest BCUT2D eigenvalue weighted by Gasteiger charge is -2.16. The topological polar surface area (TPSA) is 38.7 Å². The fourth-order valence-electron chi connectivity index (χ4n) is 3.04. The molecule has 1 unspecified atom stereocenters. The maximum atomic E-state index is 9.29. The Kier molecular flexibility index (Phi) is 5.23. The predicted molar refractivity (Wildman–Crippen MR) is 93.9 cm³/mol. The van der Waals surface area contributed by atoms with E-state index in [1.807, 2.05) is 0 Å². The molecule has 1 N–H and O–H groups in total. The number of rotatable bonds is 7. The Morgan fingerprint density at radius 1 is 0.957 bits per heavy atom. The summed E-state index contributed by atoms with van der Waals surface area (Å²) in [5.41, 5.74) is 1.30. The van der Waals surface area contributed by atoms with E-state index in [1.165, 1.54) is 27.1 Å². The molecule has 3 aromatic rings. The largest absolute Gasteiger partial charge is 0.394 e. The lowest BCUT2D eigenvalue weighted by atomic mass is 9.95. The second-order valence-electron chi connectivity index (χ2n) is 5.68. The molecule has 0 saturated carbocycles. The highest BCUT2D eigenvalue weighted by Crippen LogP contribution is 2.28. The van der Waals surface area contributed by atoms with E-state index in [9.17, 15) is 5.11 Å². The second-order valence-corrected chi connectivity index (χ2v) is 5.68. The molecule has 1 atom stereocenters. The maximum Gasteiger partial charge on any atom is 0.104 e. The van der Waals surface area contributed by atoms with Crippen molar-refractivity contribution in [2.24, 2.45) is 0 Å². The molecule has 23 heavy (non-hydrogen) atoms. The smallest absolute Gasteiger partial charge is 0.104 e. The Morgan fingerprint density at radius 3 is 2.13 bits per heavy atom. The monoisotopic (exact) mass is 310 g/mol. The standard InChI is InChI=1S/C20H22O3/c1-22-14-17(13-21)23-11-10-20-18-8-4-2-6-15(18)12-16-7-3-5-9-19(16)20/h2-9,12,17,21H,10-11,13-14H2,1H3. The summed E-state index contributed by atoms with van der Waals surface area (Å²) in [4.78, 5) is 0. The molecule has 0 aromatic heterocycles. The summed E-state index contributed by atoms with van der Waals surface area (Å²) < 4.78 is 10.8. The molecule has 3 heteroatoms. The van der Waals surface area contributed by atoms with Crippen molar-refractivity contribution >= 4 is 21.5 Å². The van der Waals surface area contributed by atoms with Gasteiger partial charge in [0, 0.05) is 7.11 Å². The Morgan fingerprint density at radius 2 is 1.57 bits per heavy atom. The second kappa shape index (κ2) is 7.55. The third kappa shape index (κ3) is 3.53. The van der Waals surface area contributed by atoms with Gasteiger partial charge in [-0.3, -0.25) is 0 Å². The van der Waals surface area contributed by atoms with E-state index in [1.54, 1.807) is 7.11 Å².